The predicted octanol–water partition coefficient (Wildman–Crippen LogP) is 5.01. The molecule has 194 valence electrons. The number of rotatable bonds is 9. The van der Waals surface area contributed by atoms with Gasteiger partial charge in [0.05, 0.1) is 15.7 Å². The minimum atomic E-state index is -1.15. The molecule has 0 radical (unpaired) electrons. The van der Waals surface area contributed by atoms with E-state index in [1.807, 2.05) is 24.8 Å². The van der Waals surface area contributed by atoms with E-state index in [0.717, 1.165) is 76.3 Å². The fraction of sp³-hybridized carbons (Fsp3) is 0.586. The SMILES string of the molecule is C=C(/C=c1\c(=C(/C)C(=O)NC23CC4CC(CC(C4)C2)C3)ccn1COCC[Si](C)(C)C)c1cncs1. The summed E-state index contributed by atoms with van der Waals surface area (Å²) in [5, 5.41) is 5.48. The molecule has 1 N–H and O–H groups in total. The summed E-state index contributed by atoms with van der Waals surface area (Å²) in [7, 11) is -1.15. The second-order valence-corrected chi connectivity index (χ2v) is 19.3. The van der Waals surface area contributed by atoms with Gasteiger partial charge in [0.25, 0.3) is 0 Å². The number of carbonyl (C=O) groups excluding carboxylic acids is 1. The molecule has 0 aliphatic heterocycles. The van der Waals surface area contributed by atoms with Crippen molar-refractivity contribution in [3.8, 4) is 0 Å². The van der Waals surface area contributed by atoms with Crippen molar-refractivity contribution in [2.75, 3.05) is 6.61 Å². The van der Waals surface area contributed by atoms with E-state index in [1.54, 1.807) is 11.3 Å². The van der Waals surface area contributed by atoms with Crippen LogP contribution in [0.2, 0.25) is 25.7 Å². The summed E-state index contributed by atoms with van der Waals surface area (Å²) >= 11 is 1.58. The first-order valence-corrected chi connectivity index (χ1v) is 18.1. The minimum Gasteiger partial charge on any atom is -0.361 e. The first-order valence-electron chi connectivity index (χ1n) is 13.5. The van der Waals surface area contributed by atoms with E-state index >= 15 is 0 Å². The van der Waals surface area contributed by atoms with Gasteiger partial charge in [-0.3, -0.25) is 9.78 Å². The molecule has 4 saturated carbocycles. The molecule has 4 aliphatic carbocycles. The molecule has 0 aromatic carbocycles. The molecule has 6 rings (SSSR count). The Morgan fingerprint density at radius 1 is 1.25 bits per heavy atom. The average Bonchev–Trinajstić information content (AvgIpc) is 3.45. The number of hydrogen-bond acceptors (Lipinski definition) is 4. The highest BCUT2D eigenvalue weighted by Gasteiger charge is 2.51. The van der Waals surface area contributed by atoms with Crippen LogP contribution in [0.15, 0.2) is 30.5 Å². The van der Waals surface area contributed by atoms with Crippen molar-refractivity contribution in [3.05, 3.63) is 46.0 Å². The van der Waals surface area contributed by atoms with E-state index < -0.39 is 8.07 Å². The number of hydrogen-bond donors (Lipinski definition) is 1. The Morgan fingerprint density at radius 3 is 2.50 bits per heavy atom. The van der Waals surface area contributed by atoms with Gasteiger partial charge in [-0.1, -0.05) is 26.2 Å². The van der Waals surface area contributed by atoms with E-state index in [2.05, 4.69) is 53.2 Å². The zero-order valence-corrected chi connectivity index (χ0v) is 24.1. The van der Waals surface area contributed by atoms with Gasteiger partial charge >= 0.3 is 0 Å². The zero-order valence-electron chi connectivity index (χ0n) is 22.3. The summed E-state index contributed by atoms with van der Waals surface area (Å²) in [6.07, 6.45) is 13.5. The number of allylic oxidation sites excluding steroid dienone is 1. The van der Waals surface area contributed by atoms with Crippen LogP contribution in [0.3, 0.4) is 0 Å². The molecule has 0 atom stereocenters. The zero-order chi connectivity index (χ0) is 25.5. The van der Waals surface area contributed by atoms with Gasteiger partial charge in [0.1, 0.15) is 6.73 Å². The molecular weight excluding hydrogens is 482 g/mol. The molecular formula is C29H41N3O2SSi. The minimum absolute atomic E-state index is 0.00568. The van der Waals surface area contributed by atoms with Crippen molar-refractivity contribution in [2.24, 2.45) is 17.8 Å². The number of ether oxygens (including phenoxy) is 1. The van der Waals surface area contributed by atoms with Gasteiger partial charge < -0.3 is 14.6 Å². The number of thiazole rings is 1. The number of aromatic nitrogens is 2. The highest BCUT2D eigenvalue weighted by molar-refractivity contribution is 7.10. The molecule has 0 saturated heterocycles. The van der Waals surface area contributed by atoms with Crippen LogP contribution in [0.1, 0.15) is 50.3 Å². The Kier molecular flexibility index (Phi) is 7.18. The highest BCUT2D eigenvalue weighted by atomic mass is 32.1. The van der Waals surface area contributed by atoms with Crippen molar-refractivity contribution < 1.29 is 9.53 Å². The lowest BCUT2D eigenvalue weighted by molar-refractivity contribution is -0.121. The fourth-order valence-electron chi connectivity index (χ4n) is 6.95. The molecule has 2 aromatic heterocycles. The molecule has 1 amide bonds. The summed E-state index contributed by atoms with van der Waals surface area (Å²) in [6, 6.07) is 3.19. The Labute approximate surface area is 220 Å². The molecule has 36 heavy (non-hydrogen) atoms. The Balaban J connectivity index is 1.42. The molecule has 0 spiro atoms. The van der Waals surface area contributed by atoms with Gasteiger partial charge in [0.15, 0.2) is 0 Å². The molecule has 7 heteroatoms. The second-order valence-electron chi connectivity index (χ2n) is 12.7. The van der Waals surface area contributed by atoms with Crippen LogP contribution in [0.5, 0.6) is 0 Å². The molecule has 2 heterocycles. The van der Waals surface area contributed by atoms with Gasteiger partial charge in [-0.25, -0.2) is 0 Å². The number of nitrogens with one attached hydrogen (secondary N) is 1. The van der Waals surface area contributed by atoms with Crippen LogP contribution < -0.4 is 15.9 Å². The molecule has 4 aliphatic rings. The average molecular weight is 524 g/mol. The molecule has 5 nitrogen and oxygen atoms in total. The fourth-order valence-corrected chi connectivity index (χ4v) is 8.27. The first kappa shape index (κ1) is 25.7. The molecule has 4 bridgehead atoms. The number of carbonyl (C=O) groups is 1. The lowest BCUT2D eigenvalue weighted by Crippen LogP contribution is -2.60. The summed E-state index contributed by atoms with van der Waals surface area (Å²) in [5.41, 5.74) is 3.50. The van der Waals surface area contributed by atoms with Gasteiger partial charge in [-0.15, -0.1) is 11.3 Å². The monoisotopic (exact) mass is 523 g/mol. The van der Waals surface area contributed by atoms with E-state index in [4.69, 9.17) is 4.74 Å². The maximum Gasteiger partial charge on any atom is 0.248 e. The summed E-state index contributed by atoms with van der Waals surface area (Å²) < 4.78 is 8.19. The van der Waals surface area contributed by atoms with Crippen molar-refractivity contribution in [1.29, 1.82) is 0 Å². The molecule has 2 aromatic rings. The lowest BCUT2D eigenvalue weighted by Gasteiger charge is -2.56. The molecule has 4 fully saturated rings. The van der Waals surface area contributed by atoms with Crippen molar-refractivity contribution in [3.63, 3.8) is 0 Å². The summed E-state index contributed by atoms with van der Waals surface area (Å²) in [6.45, 7) is 14.6. The van der Waals surface area contributed by atoms with Crippen molar-refractivity contribution in [2.45, 2.75) is 83.4 Å². The van der Waals surface area contributed by atoms with Crippen molar-refractivity contribution in [1.82, 2.24) is 14.9 Å². The van der Waals surface area contributed by atoms with Gasteiger partial charge in [0, 0.05) is 43.4 Å². The van der Waals surface area contributed by atoms with Crippen LogP contribution in [-0.2, 0) is 16.3 Å². The predicted molar refractivity (Wildman–Crippen MR) is 152 cm³/mol. The Bertz CT molecular complexity index is 1200. The number of nitrogens with zero attached hydrogens (tertiary/aromatic N) is 2. The normalized spacial score (nSPS) is 28.4. The Morgan fingerprint density at radius 2 is 1.92 bits per heavy atom. The smallest absolute Gasteiger partial charge is 0.248 e. The third-order valence-corrected chi connectivity index (χ3v) is 11.0. The quantitative estimate of drug-likeness (QED) is 0.371. The van der Waals surface area contributed by atoms with E-state index in [0.29, 0.717) is 6.73 Å². The second kappa shape index (κ2) is 10.1. The Hall–Kier alpha value is -1.96. The van der Waals surface area contributed by atoms with Gasteiger partial charge in [-0.05, 0) is 87.0 Å². The standard InChI is InChI=1S/C29H41N3O2SSi/c1-20(27-17-30-18-35-27)10-26-25(6-7-32(26)19-34-8-9-36(3,4)5)21(2)28(33)31-29-14-22-11-23(15-29)13-24(12-22)16-29/h6-7,10,17-18,22-24H,1,8-9,11-16,19H2,2-5H3,(H,31,33)/b25-21+,26-10+. The maximum atomic E-state index is 13.6. The highest BCUT2D eigenvalue weighted by Crippen LogP contribution is 2.55. The topological polar surface area (TPSA) is 56.2 Å². The number of amides is 1. The maximum absolute atomic E-state index is 13.6. The van der Waals surface area contributed by atoms with Crippen LogP contribution in [-0.4, -0.2) is 35.7 Å². The first-order chi connectivity index (χ1) is 17.1. The van der Waals surface area contributed by atoms with E-state index in [9.17, 15) is 4.79 Å². The van der Waals surface area contributed by atoms with Crippen molar-refractivity contribution >= 4 is 42.5 Å². The van der Waals surface area contributed by atoms with Gasteiger partial charge in [0.2, 0.25) is 5.91 Å². The molecule has 0 unspecified atom stereocenters. The van der Waals surface area contributed by atoms with Crippen LogP contribution >= 0.6 is 11.3 Å². The van der Waals surface area contributed by atoms with Crippen LogP contribution in [0.25, 0.3) is 17.2 Å². The van der Waals surface area contributed by atoms with Crippen LogP contribution in [0, 0.1) is 17.8 Å². The van der Waals surface area contributed by atoms with Crippen LogP contribution in [0.4, 0.5) is 0 Å². The summed E-state index contributed by atoms with van der Waals surface area (Å²) in [5.74, 6) is 2.49. The largest absolute Gasteiger partial charge is 0.361 e. The van der Waals surface area contributed by atoms with E-state index in [-0.39, 0.29) is 11.4 Å². The third-order valence-electron chi connectivity index (χ3n) is 8.45. The van der Waals surface area contributed by atoms with E-state index in [1.165, 1.54) is 19.3 Å². The lowest BCUT2D eigenvalue weighted by atomic mass is 9.53. The summed E-state index contributed by atoms with van der Waals surface area (Å²) in [4.78, 5) is 18.9. The third kappa shape index (κ3) is 5.63. The van der Waals surface area contributed by atoms with Gasteiger partial charge in [-0.2, -0.15) is 0 Å².